The number of rotatable bonds is 3. The Bertz CT molecular complexity index is 2420. The molecule has 3 heteroatoms. The SMILES string of the molecule is CC1(C)c2ccccc2-c2cc3c4cc5c(cc4n(-c4nc(-c6ccccc6)cc(-c6ccccc6)n4)c3cc21)C(C)(C)C(C)(C)C5(C)C. The summed E-state index contributed by atoms with van der Waals surface area (Å²) in [6.45, 7) is 19.3. The fourth-order valence-electron chi connectivity index (χ4n) is 9.01. The van der Waals surface area contributed by atoms with Gasteiger partial charge in [-0.3, -0.25) is 4.57 Å². The van der Waals surface area contributed by atoms with Crippen LogP contribution in [-0.4, -0.2) is 14.5 Å². The molecule has 7 aromatic rings. The van der Waals surface area contributed by atoms with E-state index >= 15 is 0 Å². The number of hydrogen-bond donors (Lipinski definition) is 0. The van der Waals surface area contributed by atoms with Crippen LogP contribution in [0.4, 0.5) is 0 Å². The van der Waals surface area contributed by atoms with Crippen molar-refractivity contribution < 1.29 is 0 Å². The van der Waals surface area contributed by atoms with Crippen LogP contribution in [0.1, 0.15) is 77.6 Å². The molecular formula is C46H43N3. The first kappa shape index (κ1) is 30.1. The summed E-state index contributed by atoms with van der Waals surface area (Å²) in [5.74, 6) is 0.697. The molecule has 0 bridgehead atoms. The van der Waals surface area contributed by atoms with Crippen LogP contribution in [0.15, 0.2) is 115 Å². The molecule has 2 aliphatic carbocycles. The summed E-state index contributed by atoms with van der Waals surface area (Å²) in [7, 11) is 0. The van der Waals surface area contributed by atoms with Crippen LogP contribution in [0, 0.1) is 5.41 Å². The Labute approximate surface area is 289 Å². The van der Waals surface area contributed by atoms with Gasteiger partial charge in [-0.15, -0.1) is 0 Å². The Kier molecular flexibility index (Phi) is 6.00. The molecule has 5 aromatic carbocycles. The summed E-state index contributed by atoms with van der Waals surface area (Å²) in [6, 6.07) is 41.9. The number of fused-ring (bicyclic) bond motifs is 7. The molecule has 0 N–H and O–H groups in total. The second-order valence-electron chi connectivity index (χ2n) is 16.4. The number of nitrogens with zero attached hydrogens (tertiary/aromatic N) is 3. The number of benzene rings is 5. The molecular weight excluding hydrogens is 595 g/mol. The average Bonchev–Trinajstić information content (AvgIpc) is 3.58. The van der Waals surface area contributed by atoms with Crippen molar-refractivity contribution in [3.63, 3.8) is 0 Å². The molecule has 0 fully saturated rings. The topological polar surface area (TPSA) is 30.7 Å². The van der Waals surface area contributed by atoms with E-state index in [2.05, 4.69) is 175 Å². The van der Waals surface area contributed by atoms with Crippen molar-refractivity contribution in [1.82, 2.24) is 14.5 Å². The molecule has 2 aliphatic rings. The van der Waals surface area contributed by atoms with Gasteiger partial charge in [-0.2, -0.15) is 0 Å². The highest BCUT2D eigenvalue weighted by molar-refractivity contribution is 6.12. The molecule has 2 aromatic heterocycles. The quantitative estimate of drug-likeness (QED) is 0.193. The minimum Gasteiger partial charge on any atom is -0.278 e. The van der Waals surface area contributed by atoms with Gasteiger partial charge in [0, 0.05) is 27.3 Å². The molecule has 0 aliphatic heterocycles. The van der Waals surface area contributed by atoms with E-state index in [0.717, 1.165) is 33.5 Å². The third-order valence-electron chi connectivity index (χ3n) is 13.1. The Morgan fingerprint density at radius 1 is 0.449 bits per heavy atom. The van der Waals surface area contributed by atoms with Crippen molar-refractivity contribution in [1.29, 1.82) is 0 Å². The fourth-order valence-corrected chi connectivity index (χ4v) is 9.01. The van der Waals surface area contributed by atoms with Gasteiger partial charge in [-0.05, 0) is 80.0 Å². The van der Waals surface area contributed by atoms with Crippen molar-refractivity contribution in [3.05, 3.63) is 138 Å². The average molecular weight is 638 g/mol. The zero-order chi connectivity index (χ0) is 34.1. The lowest BCUT2D eigenvalue weighted by Gasteiger charge is -2.44. The maximum Gasteiger partial charge on any atom is 0.235 e. The van der Waals surface area contributed by atoms with Crippen molar-refractivity contribution in [3.8, 4) is 39.6 Å². The van der Waals surface area contributed by atoms with Crippen molar-refractivity contribution in [2.45, 2.75) is 71.6 Å². The largest absolute Gasteiger partial charge is 0.278 e. The van der Waals surface area contributed by atoms with E-state index in [1.54, 1.807) is 0 Å². The minimum absolute atomic E-state index is 0.00995. The third-order valence-corrected chi connectivity index (χ3v) is 13.1. The summed E-state index contributed by atoms with van der Waals surface area (Å²) in [5, 5.41) is 2.51. The highest BCUT2D eigenvalue weighted by Gasteiger charge is 2.57. The maximum atomic E-state index is 5.38. The lowest BCUT2D eigenvalue weighted by atomic mass is 9.59. The monoisotopic (exact) mass is 637 g/mol. The van der Waals surface area contributed by atoms with E-state index < -0.39 is 0 Å². The van der Waals surface area contributed by atoms with Gasteiger partial charge in [-0.25, -0.2) is 9.97 Å². The van der Waals surface area contributed by atoms with Gasteiger partial charge in [0.05, 0.1) is 22.4 Å². The molecule has 0 unspecified atom stereocenters. The Morgan fingerprint density at radius 2 is 0.939 bits per heavy atom. The van der Waals surface area contributed by atoms with Crippen molar-refractivity contribution in [2.24, 2.45) is 5.41 Å². The van der Waals surface area contributed by atoms with Gasteiger partial charge in [0.1, 0.15) is 0 Å². The molecule has 0 saturated carbocycles. The minimum atomic E-state index is -0.126. The first-order chi connectivity index (χ1) is 23.3. The summed E-state index contributed by atoms with van der Waals surface area (Å²) in [5.41, 5.74) is 14.4. The molecule has 2 heterocycles. The predicted molar refractivity (Wildman–Crippen MR) is 205 cm³/mol. The van der Waals surface area contributed by atoms with Crippen LogP contribution < -0.4 is 0 Å². The molecule has 0 radical (unpaired) electrons. The highest BCUT2D eigenvalue weighted by atomic mass is 15.2. The molecule has 9 rings (SSSR count). The van der Waals surface area contributed by atoms with Crippen LogP contribution in [0.2, 0.25) is 0 Å². The van der Waals surface area contributed by atoms with Crippen molar-refractivity contribution in [2.75, 3.05) is 0 Å². The molecule has 242 valence electrons. The van der Waals surface area contributed by atoms with Crippen LogP contribution in [0.3, 0.4) is 0 Å². The van der Waals surface area contributed by atoms with Gasteiger partial charge >= 0.3 is 0 Å². The van der Waals surface area contributed by atoms with Gasteiger partial charge in [0.15, 0.2) is 0 Å². The first-order valence-electron chi connectivity index (χ1n) is 17.6. The normalized spacial score (nSPS) is 17.6. The molecule has 49 heavy (non-hydrogen) atoms. The third kappa shape index (κ3) is 3.90. The van der Waals surface area contributed by atoms with Crippen LogP contribution in [-0.2, 0) is 16.2 Å². The summed E-state index contributed by atoms with van der Waals surface area (Å²) in [6.07, 6.45) is 0. The van der Waals surface area contributed by atoms with Gasteiger partial charge in [0.2, 0.25) is 5.95 Å². The molecule has 0 atom stereocenters. The van der Waals surface area contributed by atoms with E-state index in [1.165, 1.54) is 44.2 Å². The smallest absolute Gasteiger partial charge is 0.235 e. The van der Waals surface area contributed by atoms with Crippen LogP contribution in [0.25, 0.3) is 61.4 Å². The standard InChI is InChI=1S/C46H43N3/c1-43(2)34-22-16-15-21-30(34)31-23-32-33-24-36-37(45(5,6)46(7,8)44(36,3)4)26-41(33)49(40(32)25-35(31)43)42-47-38(28-17-11-9-12-18-28)27-39(48-42)29-19-13-10-14-20-29/h9-27H,1-8H3. The second-order valence-corrected chi connectivity index (χ2v) is 16.4. The molecule has 0 saturated heterocycles. The van der Waals surface area contributed by atoms with E-state index in [1.807, 2.05) is 0 Å². The van der Waals surface area contributed by atoms with E-state index in [0.29, 0.717) is 5.95 Å². The van der Waals surface area contributed by atoms with Gasteiger partial charge in [-0.1, -0.05) is 140 Å². The van der Waals surface area contributed by atoms with Crippen LogP contribution >= 0.6 is 0 Å². The van der Waals surface area contributed by atoms with E-state index in [9.17, 15) is 0 Å². The zero-order valence-corrected chi connectivity index (χ0v) is 29.8. The summed E-state index contributed by atoms with van der Waals surface area (Å²) < 4.78 is 2.36. The molecule has 0 spiro atoms. The maximum absolute atomic E-state index is 5.38. The van der Waals surface area contributed by atoms with Gasteiger partial charge in [0.25, 0.3) is 0 Å². The second kappa shape index (κ2) is 9.79. The number of hydrogen-bond acceptors (Lipinski definition) is 2. The Morgan fingerprint density at radius 3 is 1.53 bits per heavy atom. The number of aromatic nitrogens is 3. The van der Waals surface area contributed by atoms with Gasteiger partial charge < -0.3 is 0 Å². The molecule has 0 amide bonds. The van der Waals surface area contributed by atoms with E-state index in [-0.39, 0.29) is 21.7 Å². The lowest BCUT2D eigenvalue weighted by molar-refractivity contribution is 0.125. The molecule has 3 nitrogen and oxygen atoms in total. The fraction of sp³-hybridized carbons (Fsp3) is 0.261. The summed E-state index contributed by atoms with van der Waals surface area (Å²) >= 11 is 0. The van der Waals surface area contributed by atoms with Crippen LogP contribution in [0.5, 0.6) is 0 Å². The van der Waals surface area contributed by atoms with E-state index in [4.69, 9.17) is 9.97 Å². The summed E-state index contributed by atoms with van der Waals surface area (Å²) in [4.78, 5) is 10.8. The Hall–Kier alpha value is -5.02. The lowest BCUT2D eigenvalue weighted by Crippen LogP contribution is -2.42. The Balaban J connectivity index is 1.43. The zero-order valence-electron chi connectivity index (χ0n) is 29.8. The predicted octanol–water partition coefficient (Wildman–Crippen LogP) is 11.8. The first-order valence-corrected chi connectivity index (χ1v) is 17.6. The van der Waals surface area contributed by atoms with Crippen molar-refractivity contribution >= 4 is 21.8 Å². The highest BCUT2D eigenvalue weighted by Crippen LogP contribution is 2.62.